The molecule has 34 heavy (non-hydrogen) atoms. The van der Waals surface area contributed by atoms with E-state index in [0.29, 0.717) is 38.7 Å². The molecule has 7 heteroatoms. The number of amides is 1. The molecule has 1 aromatic heterocycles. The van der Waals surface area contributed by atoms with Gasteiger partial charge in [-0.3, -0.25) is 4.79 Å². The van der Waals surface area contributed by atoms with Gasteiger partial charge in [0.1, 0.15) is 5.82 Å². The molecule has 1 unspecified atom stereocenters. The normalized spacial score (nSPS) is 20.2. The second-order valence-electron chi connectivity index (χ2n) is 9.01. The Morgan fingerprint density at radius 1 is 1.21 bits per heavy atom. The van der Waals surface area contributed by atoms with Crippen molar-refractivity contribution in [3.8, 4) is 6.01 Å². The van der Waals surface area contributed by atoms with E-state index in [4.69, 9.17) is 19.4 Å². The SMILES string of the molecule is C=CC(=O)N1CCN(c2nc(OC)nc3c2COC(c2cccc4cccc(C)c24)C3)[C@@H](C)C1. The van der Waals surface area contributed by atoms with Crippen LogP contribution < -0.4 is 9.64 Å². The zero-order valence-electron chi connectivity index (χ0n) is 20.0. The van der Waals surface area contributed by atoms with Crippen molar-refractivity contribution in [1.29, 1.82) is 0 Å². The molecule has 0 bridgehead atoms. The number of carbonyl (C=O) groups is 1. The average Bonchev–Trinajstić information content (AvgIpc) is 2.87. The average molecular weight is 459 g/mol. The number of ether oxygens (including phenoxy) is 2. The van der Waals surface area contributed by atoms with E-state index >= 15 is 0 Å². The van der Waals surface area contributed by atoms with Crippen molar-refractivity contribution in [2.75, 3.05) is 31.6 Å². The molecule has 1 amide bonds. The van der Waals surface area contributed by atoms with E-state index in [-0.39, 0.29) is 18.1 Å². The Morgan fingerprint density at radius 3 is 2.74 bits per heavy atom. The van der Waals surface area contributed by atoms with Crippen molar-refractivity contribution >= 4 is 22.5 Å². The van der Waals surface area contributed by atoms with Gasteiger partial charge in [-0.1, -0.05) is 43.0 Å². The van der Waals surface area contributed by atoms with Gasteiger partial charge in [0.05, 0.1) is 25.5 Å². The monoisotopic (exact) mass is 458 g/mol. The minimum atomic E-state index is -0.0933. The van der Waals surface area contributed by atoms with Crippen LogP contribution in [0.4, 0.5) is 5.82 Å². The molecule has 2 aromatic carbocycles. The summed E-state index contributed by atoms with van der Waals surface area (Å²) in [5, 5.41) is 2.46. The van der Waals surface area contributed by atoms with Gasteiger partial charge < -0.3 is 19.3 Å². The lowest BCUT2D eigenvalue weighted by atomic mass is 9.92. The molecule has 3 aromatic rings. The fourth-order valence-electron chi connectivity index (χ4n) is 5.19. The lowest BCUT2D eigenvalue weighted by Gasteiger charge is -2.41. The van der Waals surface area contributed by atoms with Crippen molar-refractivity contribution in [1.82, 2.24) is 14.9 Å². The van der Waals surface area contributed by atoms with E-state index in [2.05, 4.69) is 61.7 Å². The van der Waals surface area contributed by atoms with Gasteiger partial charge in [0.2, 0.25) is 5.91 Å². The van der Waals surface area contributed by atoms with Gasteiger partial charge in [-0.05, 0) is 41.8 Å². The highest BCUT2D eigenvalue weighted by Crippen LogP contribution is 2.38. The zero-order chi connectivity index (χ0) is 23.8. The summed E-state index contributed by atoms with van der Waals surface area (Å²) < 4.78 is 11.9. The molecule has 0 spiro atoms. The summed E-state index contributed by atoms with van der Waals surface area (Å²) in [6.45, 7) is 10.2. The summed E-state index contributed by atoms with van der Waals surface area (Å²) in [4.78, 5) is 25.6. The number of hydrogen-bond acceptors (Lipinski definition) is 6. The van der Waals surface area contributed by atoms with E-state index in [1.54, 1.807) is 7.11 Å². The smallest absolute Gasteiger partial charge is 0.318 e. The summed E-state index contributed by atoms with van der Waals surface area (Å²) in [5.41, 5.74) is 4.39. The van der Waals surface area contributed by atoms with Crippen LogP contribution in [0, 0.1) is 6.92 Å². The molecule has 5 rings (SSSR count). The van der Waals surface area contributed by atoms with Crippen LogP contribution in [0.15, 0.2) is 49.1 Å². The lowest BCUT2D eigenvalue weighted by molar-refractivity contribution is -0.126. The Labute approximate surface area is 200 Å². The molecule has 3 heterocycles. The van der Waals surface area contributed by atoms with Crippen molar-refractivity contribution in [2.45, 2.75) is 39.0 Å². The van der Waals surface area contributed by atoms with E-state index < -0.39 is 0 Å². The van der Waals surface area contributed by atoms with Gasteiger partial charge in [-0.25, -0.2) is 0 Å². The Kier molecular flexibility index (Phi) is 5.96. The summed E-state index contributed by atoms with van der Waals surface area (Å²) >= 11 is 0. The second kappa shape index (κ2) is 9.06. The van der Waals surface area contributed by atoms with E-state index in [0.717, 1.165) is 17.1 Å². The number of nitrogens with zero attached hydrogens (tertiary/aromatic N) is 4. The maximum Gasteiger partial charge on any atom is 0.318 e. The number of carbonyl (C=O) groups excluding carboxylic acids is 1. The molecule has 0 saturated carbocycles. The molecular formula is C27H30N4O3. The fraction of sp³-hybridized carbons (Fsp3) is 0.370. The molecule has 176 valence electrons. The highest BCUT2D eigenvalue weighted by Gasteiger charge is 2.33. The standard InChI is InChI=1S/C27H30N4O3/c1-5-24(32)30-12-13-31(18(3)15-30)26-21-16-34-23(14-22(21)28-27(29-26)33-4)20-11-7-10-19-9-6-8-17(2)25(19)20/h5-11,18,23H,1,12-16H2,2-4H3/t18-,23?/m0/s1. The van der Waals surface area contributed by atoms with Crippen LogP contribution in [0.1, 0.15) is 35.4 Å². The Hall–Kier alpha value is -3.45. The van der Waals surface area contributed by atoms with E-state index in [9.17, 15) is 4.79 Å². The number of benzene rings is 2. The van der Waals surface area contributed by atoms with Gasteiger partial charge in [0.15, 0.2) is 0 Å². The highest BCUT2D eigenvalue weighted by atomic mass is 16.5. The summed E-state index contributed by atoms with van der Waals surface area (Å²) in [6.07, 6.45) is 1.93. The number of hydrogen-bond donors (Lipinski definition) is 0. The molecule has 0 radical (unpaired) electrons. The van der Waals surface area contributed by atoms with Gasteiger partial charge in [-0.15, -0.1) is 0 Å². The Morgan fingerprint density at radius 2 is 2.00 bits per heavy atom. The molecule has 0 N–H and O–H groups in total. The molecule has 2 aliphatic heterocycles. The zero-order valence-corrected chi connectivity index (χ0v) is 20.0. The van der Waals surface area contributed by atoms with Gasteiger partial charge in [0.25, 0.3) is 0 Å². The molecule has 2 atom stereocenters. The quantitative estimate of drug-likeness (QED) is 0.551. The highest BCUT2D eigenvalue weighted by molar-refractivity contribution is 5.89. The first-order valence-electron chi connectivity index (χ1n) is 11.7. The number of aryl methyl sites for hydroxylation is 1. The lowest BCUT2D eigenvalue weighted by Crippen LogP contribution is -2.54. The summed E-state index contributed by atoms with van der Waals surface area (Å²) in [5.74, 6) is 0.804. The molecule has 2 aliphatic rings. The van der Waals surface area contributed by atoms with Crippen LogP contribution in [0.25, 0.3) is 10.8 Å². The van der Waals surface area contributed by atoms with Crippen molar-refractivity contribution in [2.24, 2.45) is 0 Å². The maximum atomic E-state index is 12.1. The van der Waals surface area contributed by atoms with Crippen LogP contribution in [0.2, 0.25) is 0 Å². The third-order valence-electron chi connectivity index (χ3n) is 6.92. The van der Waals surface area contributed by atoms with E-state index in [1.165, 1.54) is 28.0 Å². The van der Waals surface area contributed by atoms with Crippen LogP contribution in [0.5, 0.6) is 6.01 Å². The molecule has 1 saturated heterocycles. The number of piperazine rings is 1. The van der Waals surface area contributed by atoms with Crippen molar-refractivity contribution in [3.63, 3.8) is 0 Å². The minimum Gasteiger partial charge on any atom is -0.467 e. The predicted octanol–water partition coefficient (Wildman–Crippen LogP) is 3.98. The number of rotatable bonds is 4. The Balaban J connectivity index is 1.49. The summed E-state index contributed by atoms with van der Waals surface area (Å²) in [7, 11) is 1.60. The maximum absolute atomic E-state index is 12.1. The third-order valence-corrected chi connectivity index (χ3v) is 6.92. The first kappa shape index (κ1) is 22.3. The van der Waals surface area contributed by atoms with Crippen LogP contribution >= 0.6 is 0 Å². The largest absolute Gasteiger partial charge is 0.467 e. The first-order chi connectivity index (χ1) is 16.5. The van der Waals surface area contributed by atoms with Crippen LogP contribution in [-0.2, 0) is 22.6 Å². The third kappa shape index (κ3) is 3.90. The first-order valence-corrected chi connectivity index (χ1v) is 11.7. The van der Waals surface area contributed by atoms with Crippen molar-refractivity contribution in [3.05, 3.63) is 71.4 Å². The molecule has 1 fully saturated rings. The minimum absolute atomic E-state index is 0.0367. The van der Waals surface area contributed by atoms with Crippen LogP contribution in [-0.4, -0.2) is 53.6 Å². The molecule has 0 aliphatic carbocycles. The Bertz CT molecular complexity index is 1250. The topological polar surface area (TPSA) is 67.8 Å². The van der Waals surface area contributed by atoms with Gasteiger partial charge in [0, 0.05) is 37.7 Å². The summed E-state index contributed by atoms with van der Waals surface area (Å²) in [6, 6.07) is 13.2. The van der Waals surface area contributed by atoms with Gasteiger partial charge >= 0.3 is 6.01 Å². The predicted molar refractivity (Wildman–Crippen MR) is 132 cm³/mol. The second-order valence-corrected chi connectivity index (χ2v) is 9.01. The number of fused-ring (bicyclic) bond motifs is 2. The molecule has 7 nitrogen and oxygen atoms in total. The number of anilines is 1. The fourth-order valence-corrected chi connectivity index (χ4v) is 5.19. The number of methoxy groups -OCH3 is 1. The molecular weight excluding hydrogens is 428 g/mol. The number of aromatic nitrogens is 2. The van der Waals surface area contributed by atoms with Crippen LogP contribution in [0.3, 0.4) is 0 Å². The van der Waals surface area contributed by atoms with E-state index in [1.807, 2.05) is 4.90 Å². The van der Waals surface area contributed by atoms with Gasteiger partial charge in [-0.2, -0.15) is 9.97 Å². The van der Waals surface area contributed by atoms with Crippen molar-refractivity contribution < 1.29 is 14.3 Å².